The number of aromatic hydroxyl groups is 1. The predicted molar refractivity (Wildman–Crippen MR) is 213 cm³/mol. The van der Waals surface area contributed by atoms with Crippen LogP contribution >= 0.6 is 0 Å². The van der Waals surface area contributed by atoms with E-state index in [-0.39, 0.29) is 31.0 Å². The fourth-order valence-electron chi connectivity index (χ4n) is 8.00. The highest BCUT2D eigenvalue weighted by atomic mass is 16.8. The summed E-state index contributed by atoms with van der Waals surface area (Å²) < 4.78 is 78.5. The van der Waals surface area contributed by atoms with Gasteiger partial charge >= 0.3 is 11.9 Å². The molecule has 5 aliphatic heterocycles. The van der Waals surface area contributed by atoms with Crippen LogP contribution in [0.3, 0.4) is 0 Å². The Morgan fingerprint density at radius 1 is 0.676 bits per heavy atom. The van der Waals surface area contributed by atoms with Gasteiger partial charge in [0.15, 0.2) is 37.6 Å². The Labute approximate surface area is 387 Å². The van der Waals surface area contributed by atoms with Gasteiger partial charge in [-0.2, -0.15) is 0 Å². The summed E-state index contributed by atoms with van der Waals surface area (Å²) in [6.07, 6.45) is -30.2. The average Bonchev–Trinajstić information content (AvgIpc) is 3.58. The van der Waals surface area contributed by atoms with Gasteiger partial charge in [-0.15, -0.1) is 0 Å². The second kappa shape index (κ2) is 24.5. The molecule has 0 amide bonds. The molecule has 5 heterocycles. The molecule has 5 saturated heterocycles. The Morgan fingerprint density at radius 2 is 1.31 bits per heavy atom. The molecule has 5 aliphatic rings. The smallest absolute Gasteiger partial charge is 0.330 e. The molecule has 1 aromatic carbocycles. The minimum Gasteiger partial charge on any atom is -0.508 e. The van der Waals surface area contributed by atoms with Crippen LogP contribution in [-0.2, 0) is 87.3 Å². The quantitative estimate of drug-likeness (QED) is 0.0267. The maximum atomic E-state index is 12.6. The zero-order chi connectivity index (χ0) is 49.4. The van der Waals surface area contributed by atoms with Gasteiger partial charge in [0.2, 0.25) is 6.29 Å². The molecule has 0 radical (unpaired) electrons. The van der Waals surface area contributed by atoms with E-state index in [9.17, 15) is 65.4 Å². The Kier molecular flexibility index (Phi) is 19.3. The molecule has 0 aromatic heterocycles. The summed E-state index contributed by atoms with van der Waals surface area (Å²) in [5, 5.41) is 107. The largest absolute Gasteiger partial charge is 0.508 e. The third kappa shape index (κ3) is 12.4. The molecule has 6 rings (SSSR count). The summed E-state index contributed by atoms with van der Waals surface area (Å²) >= 11 is 0. The number of methoxy groups -OCH3 is 2. The van der Waals surface area contributed by atoms with Gasteiger partial charge in [0.25, 0.3) is 6.47 Å². The number of esters is 2. The van der Waals surface area contributed by atoms with Crippen molar-refractivity contribution in [3.05, 3.63) is 35.4 Å². The number of carbonyl (C=O) groups is 3. The van der Waals surface area contributed by atoms with Crippen molar-refractivity contribution < 1.29 is 132 Å². The van der Waals surface area contributed by atoms with E-state index < -0.39 is 167 Å². The van der Waals surface area contributed by atoms with Gasteiger partial charge in [0.1, 0.15) is 85.6 Å². The third-order valence-corrected chi connectivity index (χ3v) is 11.7. The standard InChI is InChI=1S/C41H58O27/c1-16(45)62-34-29(51)23(13-59-40(34)56-3)63-37-32(54)33(66-38-31(53)27(49)22(64-38)12-57-25(47)7-5-17-4-6-20(46)18(8-17)9-42)24(14-58-37)65-41-35(28(50)21(55-2)11-60-41)67-39-30(52)26(48)19(10-43)36(68-39)61-15-44/h4-8,15,19,21-24,26-43,46,48-54H,9-14H2,1-3H3/b7-5+/t19-,21+,22-,23+,24+,26-,27+,28?,29?,30?,31?,32?,33-,34?,35?,36?,37-,38-,39-,40+,41-/m0/s1. The van der Waals surface area contributed by atoms with Crippen LogP contribution in [0.15, 0.2) is 24.3 Å². The normalized spacial score (nSPS) is 41.0. The first-order chi connectivity index (χ1) is 32.5. The third-order valence-electron chi connectivity index (χ3n) is 11.7. The lowest BCUT2D eigenvalue weighted by molar-refractivity contribution is -0.390. The maximum absolute atomic E-state index is 12.6. The van der Waals surface area contributed by atoms with Gasteiger partial charge in [0.05, 0.1) is 45.1 Å². The highest BCUT2D eigenvalue weighted by molar-refractivity contribution is 5.87. The summed E-state index contributed by atoms with van der Waals surface area (Å²) in [6, 6.07) is 4.23. The molecule has 384 valence electrons. The van der Waals surface area contributed by atoms with Crippen LogP contribution in [0.4, 0.5) is 0 Å². The molecule has 10 N–H and O–H groups in total. The van der Waals surface area contributed by atoms with Crippen LogP contribution in [0.25, 0.3) is 6.08 Å². The monoisotopic (exact) mass is 982 g/mol. The SMILES string of the molecule is CO[C@@H]1OC[C@@H](O[C@@H]2OC[C@@H](O[C@@H]3OC[C@@H](OC)C(O)C3O[C@H]3OC(OC=O)[C@@H](CO)[C@H](O)C3O)[C@H](O[C@@H]3O[C@@H](COC(=O)/C=C/c4ccc(O)c(CO)c4)[C@@H](O)C3O)C2O)C(O)C1OC(C)=O. The average molecular weight is 983 g/mol. The van der Waals surface area contributed by atoms with Crippen LogP contribution in [0.5, 0.6) is 5.75 Å². The number of rotatable bonds is 19. The van der Waals surface area contributed by atoms with E-state index in [0.717, 1.165) is 13.0 Å². The fourth-order valence-corrected chi connectivity index (χ4v) is 8.00. The van der Waals surface area contributed by atoms with Gasteiger partial charge in [-0.3, -0.25) is 9.59 Å². The van der Waals surface area contributed by atoms with Crippen molar-refractivity contribution in [2.75, 3.05) is 47.3 Å². The molecular formula is C41H58O27. The molecule has 0 aliphatic carbocycles. The van der Waals surface area contributed by atoms with Gasteiger partial charge < -0.3 is 117 Å². The molecule has 27 nitrogen and oxygen atoms in total. The molecule has 0 bridgehead atoms. The van der Waals surface area contributed by atoms with Crippen molar-refractivity contribution in [1.82, 2.24) is 0 Å². The second-order valence-electron chi connectivity index (χ2n) is 16.2. The molecule has 21 atom stereocenters. The number of ether oxygens (including phenoxy) is 14. The lowest BCUT2D eigenvalue weighted by Gasteiger charge is -2.47. The highest BCUT2D eigenvalue weighted by Gasteiger charge is 2.55. The van der Waals surface area contributed by atoms with E-state index in [1.807, 2.05) is 0 Å². The zero-order valence-corrected chi connectivity index (χ0v) is 36.7. The van der Waals surface area contributed by atoms with E-state index in [1.54, 1.807) is 0 Å². The molecular weight excluding hydrogens is 924 g/mol. The lowest BCUT2D eigenvalue weighted by atomic mass is 9.94. The van der Waals surface area contributed by atoms with Crippen molar-refractivity contribution in [3.63, 3.8) is 0 Å². The van der Waals surface area contributed by atoms with Crippen LogP contribution in [0.2, 0.25) is 0 Å². The Bertz CT molecular complexity index is 1820. The van der Waals surface area contributed by atoms with Crippen molar-refractivity contribution in [3.8, 4) is 5.75 Å². The zero-order valence-electron chi connectivity index (χ0n) is 36.7. The number of hydrogen-bond acceptors (Lipinski definition) is 27. The molecule has 68 heavy (non-hydrogen) atoms. The van der Waals surface area contributed by atoms with Crippen LogP contribution in [0.1, 0.15) is 18.1 Å². The molecule has 1 aromatic rings. The van der Waals surface area contributed by atoms with Crippen molar-refractivity contribution in [2.24, 2.45) is 5.92 Å². The van der Waals surface area contributed by atoms with E-state index in [4.69, 9.17) is 66.3 Å². The molecule has 0 spiro atoms. The number of hydrogen-bond donors (Lipinski definition) is 10. The van der Waals surface area contributed by atoms with Crippen LogP contribution < -0.4 is 0 Å². The summed E-state index contributed by atoms with van der Waals surface area (Å²) in [5.74, 6) is -3.15. The van der Waals surface area contributed by atoms with E-state index in [1.165, 1.54) is 38.5 Å². The summed E-state index contributed by atoms with van der Waals surface area (Å²) in [4.78, 5) is 35.7. The predicted octanol–water partition coefficient (Wildman–Crippen LogP) is -5.64. The minimum absolute atomic E-state index is 0.0190. The molecule has 27 heteroatoms. The Balaban J connectivity index is 1.20. The van der Waals surface area contributed by atoms with Crippen molar-refractivity contribution in [2.45, 2.75) is 137 Å². The summed E-state index contributed by atoms with van der Waals surface area (Å²) in [6.45, 7) is -2.07. The van der Waals surface area contributed by atoms with Gasteiger partial charge in [-0.1, -0.05) is 6.07 Å². The number of benzene rings is 1. The lowest BCUT2D eigenvalue weighted by Crippen LogP contribution is -2.64. The number of phenols is 1. The van der Waals surface area contributed by atoms with Crippen LogP contribution in [-0.4, -0.2) is 240 Å². The topological polar surface area (TPSA) is 383 Å². The summed E-state index contributed by atoms with van der Waals surface area (Å²) in [5.41, 5.74) is 0.645. The van der Waals surface area contributed by atoms with E-state index in [0.29, 0.717) is 5.56 Å². The minimum atomic E-state index is -1.95. The number of carbonyl (C=O) groups excluding carboxylic acids is 3. The van der Waals surface area contributed by atoms with E-state index in [2.05, 4.69) is 0 Å². The highest BCUT2D eigenvalue weighted by Crippen LogP contribution is 2.35. The number of aliphatic hydroxyl groups is 9. The number of aliphatic hydroxyl groups excluding tert-OH is 9. The van der Waals surface area contributed by atoms with Crippen LogP contribution in [0, 0.1) is 5.92 Å². The first kappa shape index (κ1) is 53.7. The van der Waals surface area contributed by atoms with Gasteiger partial charge in [-0.05, 0) is 23.8 Å². The Hall–Kier alpha value is -3.63. The first-order valence-corrected chi connectivity index (χ1v) is 21.3. The summed E-state index contributed by atoms with van der Waals surface area (Å²) in [7, 11) is 2.50. The van der Waals surface area contributed by atoms with Crippen molar-refractivity contribution in [1.29, 1.82) is 0 Å². The van der Waals surface area contributed by atoms with Gasteiger partial charge in [-0.25, -0.2) is 4.79 Å². The molecule has 5 fully saturated rings. The molecule has 8 unspecified atom stereocenters. The maximum Gasteiger partial charge on any atom is 0.330 e. The fraction of sp³-hybridized carbons (Fsp3) is 0.732. The first-order valence-electron chi connectivity index (χ1n) is 21.3. The van der Waals surface area contributed by atoms with Gasteiger partial charge in [0, 0.05) is 32.8 Å². The molecule has 0 saturated carbocycles. The van der Waals surface area contributed by atoms with Crippen molar-refractivity contribution >= 4 is 24.5 Å². The Morgan fingerprint density at radius 3 is 1.99 bits per heavy atom. The second-order valence-corrected chi connectivity index (χ2v) is 16.2. The van der Waals surface area contributed by atoms with E-state index >= 15 is 0 Å².